The standard InChI is InChI=1S/C11H13F3N2O/c1-2-3-4-10(17)16-9-6-5-8(7-15-9)11(12,13)14/h5-7H,2-4H2,1H3,(H,15,16,17). The van der Waals surface area contributed by atoms with Gasteiger partial charge in [0.2, 0.25) is 5.91 Å². The minimum atomic E-state index is -4.41. The van der Waals surface area contributed by atoms with E-state index in [1.807, 2.05) is 6.92 Å². The Bertz CT molecular complexity index is 373. The average molecular weight is 246 g/mol. The predicted octanol–water partition coefficient (Wildman–Crippen LogP) is 3.23. The minimum absolute atomic E-state index is 0.138. The molecule has 0 fully saturated rings. The lowest BCUT2D eigenvalue weighted by molar-refractivity contribution is -0.137. The van der Waals surface area contributed by atoms with Gasteiger partial charge in [-0.05, 0) is 18.6 Å². The van der Waals surface area contributed by atoms with Gasteiger partial charge in [-0.1, -0.05) is 13.3 Å². The van der Waals surface area contributed by atoms with Crippen molar-refractivity contribution in [3.63, 3.8) is 0 Å². The van der Waals surface area contributed by atoms with Crippen LogP contribution in [-0.2, 0) is 11.0 Å². The molecule has 0 saturated heterocycles. The van der Waals surface area contributed by atoms with Crippen LogP contribution in [0.2, 0.25) is 0 Å². The Morgan fingerprint density at radius 1 is 1.41 bits per heavy atom. The molecule has 1 rings (SSSR count). The molecular formula is C11H13F3N2O. The van der Waals surface area contributed by atoms with Crippen molar-refractivity contribution < 1.29 is 18.0 Å². The molecule has 1 aromatic heterocycles. The third kappa shape index (κ3) is 4.42. The SMILES string of the molecule is CCCCC(=O)Nc1ccc(C(F)(F)F)cn1. The Labute approximate surface area is 97.0 Å². The van der Waals surface area contributed by atoms with Crippen molar-refractivity contribution in [2.24, 2.45) is 0 Å². The number of carbonyl (C=O) groups is 1. The molecule has 1 aromatic rings. The Morgan fingerprint density at radius 3 is 2.59 bits per heavy atom. The van der Waals surface area contributed by atoms with Crippen LogP contribution in [0, 0.1) is 0 Å². The third-order valence-corrected chi connectivity index (χ3v) is 2.12. The highest BCUT2D eigenvalue weighted by Crippen LogP contribution is 2.28. The van der Waals surface area contributed by atoms with Crippen LogP contribution in [0.5, 0.6) is 0 Å². The van der Waals surface area contributed by atoms with Crippen LogP contribution in [0.25, 0.3) is 0 Å². The van der Waals surface area contributed by atoms with Gasteiger partial charge in [0.1, 0.15) is 5.82 Å². The van der Waals surface area contributed by atoms with E-state index in [2.05, 4.69) is 10.3 Å². The second-order valence-electron chi connectivity index (χ2n) is 3.58. The van der Waals surface area contributed by atoms with Crippen LogP contribution in [0.15, 0.2) is 18.3 Å². The highest BCUT2D eigenvalue weighted by Gasteiger charge is 2.30. The Morgan fingerprint density at radius 2 is 2.12 bits per heavy atom. The van der Waals surface area contributed by atoms with E-state index in [0.717, 1.165) is 25.0 Å². The molecule has 6 heteroatoms. The summed E-state index contributed by atoms with van der Waals surface area (Å²) in [6, 6.07) is 2.04. The van der Waals surface area contributed by atoms with Gasteiger partial charge < -0.3 is 5.32 Å². The molecule has 0 saturated carbocycles. The zero-order valence-electron chi connectivity index (χ0n) is 9.34. The maximum atomic E-state index is 12.2. The Balaban J connectivity index is 2.60. The first-order valence-electron chi connectivity index (χ1n) is 5.26. The highest BCUT2D eigenvalue weighted by molar-refractivity contribution is 5.89. The van der Waals surface area contributed by atoms with Crippen molar-refractivity contribution >= 4 is 11.7 Å². The molecule has 0 radical (unpaired) electrons. The zero-order chi connectivity index (χ0) is 12.9. The number of pyridine rings is 1. The van der Waals surface area contributed by atoms with E-state index < -0.39 is 11.7 Å². The van der Waals surface area contributed by atoms with Crippen LogP contribution < -0.4 is 5.32 Å². The fourth-order valence-corrected chi connectivity index (χ4v) is 1.18. The second-order valence-corrected chi connectivity index (χ2v) is 3.58. The summed E-state index contributed by atoms with van der Waals surface area (Å²) in [5.74, 6) is -0.0989. The lowest BCUT2D eigenvalue weighted by atomic mass is 10.2. The summed E-state index contributed by atoms with van der Waals surface area (Å²) in [4.78, 5) is 14.8. The number of halogens is 3. The van der Waals surface area contributed by atoms with Gasteiger partial charge in [0, 0.05) is 12.6 Å². The van der Waals surface area contributed by atoms with Crippen LogP contribution in [0.1, 0.15) is 31.7 Å². The van der Waals surface area contributed by atoms with Crippen molar-refractivity contribution in [3.8, 4) is 0 Å². The van der Waals surface area contributed by atoms with Gasteiger partial charge in [-0.25, -0.2) is 4.98 Å². The van der Waals surface area contributed by atoms with E-state index in [1.165, 1.54) is 0 Å². The maximum absolute atomic E-state index is 12.2. The molecule has 0 aliphatic heterocycles. The van der Waals surface area contributed by atoms with Gasteiger partial charge in [0.25, 0.3) is 0 Å². The minimum Gasteiger partial charge on any atom is -0.311 e. The molecular weight excluding hydrogens is 233 g/mol. The molecule has 1 heterocycles. The fraction of sp³-hybridized carbons (Fsp3) is 0.455. The molecule has 0 atom stereocenters. The molecule has 0 spiro atoms. The monoisotopic (exact) mass is 246 g/mol. The number of alkyl halides is 3. The summed E-state index contributed by atoms with van der Waals surface area (Å²) in [6.45, 7) is 1.95. The lowest BCUT2D eigenvalue weighted by Gasteiger charge is -2.07. The van der Waals surface area contributed by atoms with Crippen LogP contribution >= 0.6 is 0 Å². The molecule has 0 aliphatic carbocycles. The van der Waals surface area contributed by atoms with E-state index in [-0.39, 0.29) is 11.7 Å². The fourth-order valence-electron chi connectivity index (χ4n) is 1.18. The van der Waals surface area contributed by atoms with Crippen molar-refractivity contribution in [2.75, 3.05) is 5.32 Å². The average Bonchev–Trinajstić information content (AvgIpc) is 2.26. The molecule has 94 valence electrons. The maximum Gasteiger partial charge on any atom is 0.417 e. The van der Waals surface area contributed by atoms with E-state index in [4.69, 9.17) is 0 Å². The van der Waals surface area contributed by atoms with Crippen molar-refractivity contribution in [3.05, 3.63) is 23.9 Å². The van der Waals surface area contributed by atoms with Crippen LogP contribution in [0.4, 0.5) is 19.0 Å². The Kier molecular flexibility index (Phi) is 4.48. The normalized spacial score (nSPS) is 11.3. The third-order valence-electron chi connectivity index (χ3n) is 2.12. The molecule has 17 heavy (non-hydrogen) atoms. The number of hydrogen-bond acceptors (Lipinski definition) is 2. The van der Waals surface area contributed by atoms with Crippen molar-refractivity contribution in [2.45, 2.75) is 32.4 Å². The topological polar surface area (TPSA) is 42.0 Å². The number of anilines is 1. The smallest absolute Gasteiger partial charge is 0.311 e. The number of rotatable bonds is 4. The molecule has 0 aromatic carbocycles. The number of unbranched alkanes of at least 4 members (excludes halogenated alkanes) is 1. The number of carbonyl (C=O) groups excluding carboxylic acids is 1. The van der Waals surface area contributed by atoms with Gasteiger partial charge in [0.15, 0.2) is 0 Å². The summed E-state index contributed by atoms with van der Waals surface area (Å²) in [6.07, 6.45) is -1.73. The summed E-state index contributed by atoms with van der Waals surface area (Å²) in [5, 5.41) is 2.44. The first-order valence-corrected chi connectivity index (χ1v) is 5.26. The summed E-state index contributed by atoms with van der Waals surface area (Å²) in [7, 11) is 0. The summed E-state index contributed by atoms with van der Waals surface area (Å²) in [5.41, 5.74) is -0.830. The number of hydrogen-bond donors (Lipinski definition) is 1. The van der Waals surface area contributed by atoms with Gasteiger partial charge in [-0.2, -0.15) is 13.2 Å². The van der Waals surface area contributed by atoms with Crippen LogP contribution in [0.3, 0.4) is 0 Å². The zero-order valence-corrected chi connectivity index (χ0v) is 9.34. The summed E-state index contributed by atoms with van der Waals surface area (Å²) >= 11 is 0. The first kappa shape index (κ1) is 13.5. The van der Waals surface area contributed by atoms with E-state index in [0.29, 0.717) is 12.6 Å². The van der Waals surface area contributed by atoms with E-state index in [9.17, 15) is 18.0 Å². The summed E-state index contributed by atoms with van der Waals surface area (Å²) < 4.78 is 36.7. The molecule has 1 amide bonds. The Hall–Kier alpha value is -1.59. The van der Waals surface area contributed by atoms with Gasteiger partial charge in [0.05, 0.1) is 5.56 Å². The number of aromatic nitrogens is 1. The van der Waals surface area contributed by atoms with Gasteiger partial charge in [-0.15, -0.1) is 0 Å². The molecule has 3 nitrogen and oxygen atoms in total. The predicted molar refractivity (Wildman–Crippen MR) is 57.4 cm³/mol. The molecule has 0 bridgehead atoms. The van der Waals surface area contributed by atoms with Crippen LogP contribution in [-0.4, -0.2) is 10.9 Å². The quantitative estimate of drug-likeness (QED) is 0.886. The number of nitrogens with one attached hydrogen (secondary N) is 1. The molecule has 0 unspecified atom stereocenters. The van der Waals surface area contributed by atoms with E-state index >= 15 is 0 Å². The van der Waals surface area contributed by atoms with Crippen molar-refractivity contribution in [1.82, 2.24) is 4.98 Å². The number of nitrogens with zero attached hydrogens (tertiary/aromatic N) is 1. The van der Waals surface area contributed by atoms with Crippen molar-refractivity contribution in [1.29, 1.82) is 0 Å². The first-order chi connectivity index (χ1) is 7.93. The highest BCUT2D eigenvalue weighted by atomic mass is 19.4. The van der Waals surface area contributed by atoms with Gasteiger partial charge in [-0.3, -0.25) is 4.79 Å². The molecule has 1 N–H and O–H groups in total. The largest absolute Gasteiger partial charge is 0.417 e. The second kappa shape index (κ2) is 5.65. The molecule has 0 aliphatic rings. The lowest BCUT2D eigenvalue weighted by Crippen LogP contribution is -2.13. The van der Waals surface area contributed by atoms with E-state index in [1.54, 1.807) is 0 Å². The van der Waals surface area contributed by atoms with Gasteiger partial charge >= 0.3 is 6.18 Å². The number of amides is 1.